The van der Waals surface area contributed by atoms with Crippen LogP contribution in [0.15, 0.2) is 54.9 Å². The van der Waals surface area contributed by atoms with Crippen molar-refractivity contribution in [1.29, 1.82) is 0 Å². The molecule has 0 atom stereocenters. The number of aromatic nitrogens is 1. The number of rotatable bonds is 3. The topological polar surface area (TPSA) is 31.4 Å². The normalized spacial score (nSPS) is 10.5. The number of methoxy groups -OCH3 is 2. The van der Waals surface area contributed by atoms with Gasteiger partial charge in [0.05, 0.1) is 14.2 Å². The molecule has 0 aliphatic heterocycles. The van der Waals surface area contributed by atoms with Crippen LogP contribution in [-0.4, -0.2) is 19.2 Å². The van der Waals surface area contributed by atoms with Crippen LogP contribution in [0.5, 0.6) is 11.5 Å². The highest BCUT2D eigenvalue weighted by atomic mass is 16.5. The fourth-order valence-corrected chi connectivity index (χ4v) is 2.27. The fourth-order valence-electron chi connectivity index (χ4n) is 2.27. The Hall–Kier alpha value is -2.55. The van der Waals surface area contributed by atoms with Crippen molar-refractivity contribution >= 4 is 10.8 Å². The summed E-state index contributed by atoms with van der Waals surface area (Å²) in [4.78, 5) is 4.32. The molecular weight excluding hydrogens is 250 g/mol. The van der Waals surface area contributed by atoms with E-state index in [1.54, 1.807) is 14.2 Å². The predicted molar refractivity (Wildman–Crippen MR) is 80.3 cm³/mol. The Morgan fingerprint density at radius 2 is 1.50 bits per heavy atom. The van der Waals surface area contributed by atoms with Crippen molar-refractivity contribution in [2.24, 2.45) is 0 Å². The number of hydrogen-bond donors (Lipinski definition) is 0. The van der Waals surface area contributed by atoms with Gasteiger partial charge in [-0.3, -0.25) is 4.98 Å². The summed E-state index contributed by atoms with van der Waals surface area (Å²) in [5, 5.41) is 2.23. The number of ether oxygens (including phenoxy) is 2. The molecule has 0 fully saturated rings. The Bertz CT molecular complexity index is 736. The number of nitrogens with zero attached hydrogens (tertiary/aromatic N) is 1. The summed E-state index contributed by atoms with van der Waals surface area (Å²) in [5.41, 5.74) is 2.20. The largest absolute Gasteiger partial charge is 0.497 e. The number of benzene rings is 2. The van der Waals surface area contributed by atoms with Crippen LogP contribution in [0.2, 0.25) is 0 Å². The minimum absolute atomic E-state index is 0.846. The van der Waals surface area contributed by atoms with Gasteiger partial charge in [0.25, 0.3) is 0 Å². The Balaban J connectivity index is 2.18. The molecule has 0 N–H and O–H groups in total. The molecule has 3 rings (SSSR count). The van der Waals surface area contributed by atoms with Crippen molar-refractivity contribution < 1.29 is 9.47 Å². The van der Waals surface area contributed by atoms with Crippen LogP contribution in [0.1, 0.15) is 0 Å². The molecule has 3 nitrogen and oxygen atoms in total. The summed E-state index contributed by atoms with van der Waals surface area (Å²) >= 11 is 0. The molecule has 1 aromatic heterocycles. The number of pyridine rings is 1. The van der Waals surface area contributed by atoms with Gasteiger partial charge in [0.2, 0.25) is 0 Å². The zero-order chi connectivity index (χ0) is 13.9. The quantitative estimate of drug-likeness (QED) is 0.719. The second-order valence-electron chi connectivity index (χ2n) is 4.50. The lowest BCUT2D eigenvalue weighted by Gasteiger charge is -2.09. The first kappa shape index (κ1) is 12.5. The lowest BCUT2D eigenvalue weighted by molar-refractivity contribution is 0.415. The van der Waals surface area contributed by atoms with Crippen molar-refractivity contribution in [2.75, 3.05) is 14.2 Å². The van der Waals surface area contributed by atoms with Crippen molar-refractivity contribution in [3.8, 4) is 22.6 Å². The van der Waals surface area contributed by atoms with Crippen LogP contribution in [0.3, 0.4) is 0 Å². The molecule has 0 unspecified atom stereocenters. The lowest BCUT2D eigenvalue weighted by Crippen LogP contribution is -1.87. The molecule has 0 saturated heterocycles. The van der Waals surface area contributed by atoms with Gasteiger partial charge in [-0.25, -0.2) is 0 Å². The van der Waals surface area contributed by atoms with E-state index >= 15 is 0 Å². The van der Waals surface area contributed by atoms with Crippen molar-refractivity contribution in [2.45, 2.75) is 0 Å². The summed E-state index contributed by atoms with van der Waals surface area (Å²) in [7, 11) is 3.34. The fraction of sp³-hybridized carbons (Fsp3) is 0.118. The van der Waals surface area contributed by atoms with Crippen LogP contribution in [0, 0.1) is 0 Å². The third-order valence-corrected chi connectivity index (χ3v) is 3.37. The first-order chi connectivity index (χ1) is 9.81. The van der Waals surface area contributed by atoms with Crippen LogP contribution >= 0.6 is 0 Å². The predicted octanol–water partition coefficient (Wildman–Crippen LogP) is 3.92. The van der Waals surface area contributed by atoms with Crippen molar-refractivity contribution in [3.05, 3.63) is 54.9 Å². The van der Waals surface area contributed by atoms with Gasteiger partial charge in [-0.2, -0.15) is 0 Å². The molecule has 100 valence electrons. The highest BCUT2D eigenvalue weighted by molar-refractivity contribution is 5.96. The lowest BCUT2D eigenvalue weighted by atomic mass is 10.0. The summed E-state index contributed by atoms with van der Waals surface area (Å²) in [6, 6.07) is 14.0. The first-order valence-corrected chi connectivity index (χ1v) is 6.38. The Labute approximate surface area is 117 Å². The minimum Gasteiger partial charge on any atom is -0.497 e. The molecule has 3 heteroatoms. The van der Waals surface area contributed by atoms with Gasteiger partial charge in [0, 0.05) is 23.3 Å². The molecule has 0 saturated carbocycles. The Morgan fingerprint density at radius 1 is 0.800 bits per heavy atom. The summed E-state index contributed by atoms with van der Waals surface area (Å²) in [5.74, 6) is 1.69. The third-order valence-electron chi connectivity index (χ3n) is 3.37. The molecule has 0 aliphatic carbocycles. The van der Waals surface area contributed by atoms with Gasteiger partial charge < -0.3 is 9.47 Å². The summed E-state index contributed by atoms with van der Waals surface area (Å²) < 4.78 is 10.5. The van der Waals surface area contributed by atoms with Gasteiger partial charge in [-0.1, -0.05) is 12.1 Å². The van der Waals surface area contributed by atoms with Crippen LogP contribution in [-0.2, 0) is 0 Å². The maximum atomic E-state index is 5.31. The first-order valence-electron chi connectivity index (χ1n) is 6.38. The Kier molecular flexibility index (Phi) is 3.25. The monoisotopic (exact) mass is 265 g/mol. The minimum atomic E-state index is 0.846. The van der Waals surface area contributed by atoms with E-state index in [-0.39, 0.29) is 0 Å². The Morgan fingerprint density at radius 3 is 2.20 bits per heavy atom. The van der Waals surface area contributed by atoms with E-state index in [9.17, 15) is 0 Å². The molecule has 0 spiro atoms. The molecule has 3 aromatic rings. The zero-order valence-corrected chi connectivity index (χ0v) is 11.5. The molecule has 0 amide bonds. The van der Waals surface area contributed by atoms with Gasteiger partial charge in [-0.05, 0) is 41.3 Å². The number of hydrogen-bond acceptors (Lipinski definition) is 3. The van der Waals surface area contributed by atoms with E-state index in [0.717, 1.165) is 33.4 Å². The van der Waals surface area contributed by atoms with E-state index in [1.165, 1.54) is 0 Å². The summed E-state index contributed by atoms with van der Waals surface area (Å²) in [6.45, 7) is 0. The van der Waals surface area contributed by atoms with E-state index in [2.05, 4.69) is 4.98 Å². The average molecular weight is 265 g/mol. The van der Waals surface area contributed by atoms with Gasteiger partial charge in [0.1, 0.15) is 11.5 Å². The highest BCUT2D eigenvalue weighted by Crippen LogP contribution is 2.31. The van der Waals surface area contributed by atoms with Gasteiger partial charge in [0.15, 0.2) is 0 Å². The molecule has 2 aromatic carbocycles. The molecule has 0 radical (unpaired) electrons. The van der Waals surface area contributed by atoms with Crippen LogP contribution in [0.25, 0.3) is 21.9 Å². The van der Waals surface area contributed by atoms with Crippen molar-refractivity contribution in [3.63, 3.8) is 0 Å². The summed E-state index contributed by atoms with van der Waals surface area (Å²) in [6.07, 6.45) is 3.74. The van der Waals surface area contributed by atoms with E-state index < -0.39 is 0 Å². The zero-order valence-electron chi connectivity index (χ0n) is 11.5. The maximum Gasteiger partial charge on any atom is 0.119 e. The maximum absolute atomic E-state index is 5.31. The standard InChI is InChI=1S/C17H15NO2/c1-19-14-6-3-12(4-7-14)17-11-18-10-13-5-8-15(20-2)9-16(13)17/h3-11H,1-2H3. The van der Waals surface area contributed by atoms with E-state index in [0.29, 0.717) is 0 Å². The average Bonchev–Trinajstić information content (AvgIpc) is 2.54. The van der Waals surface area contributed by atoms with Crippen LogP contribution in [0.4, 0.5) is 0 Å². The van der Waals surface area contributed by atoms with E-state index in [1.807, 2.05) is 54.9 Å². The van der Waals surface area contributed by atoms with Gasteiger partial charge >= 0.3 is 0 Å². The SMILES string of the molecule is COc1ccc(-c2cncc3ccc(OC)cc23)cc1. The van der Waals surface area contributed by atoms with Gasteiger partial charge in [-0.15, -0.1) is 0 Å². The van der Waals surface area contributed by atoms with Crippen molar-refractivity contribution in [1.82, 2.24) is 4.98 Å². The smallest absolute Gasteiger partial charge is 0.119 e. The molecule has 0 aliphatic rings. The second kappa shape index (κ2) is 5.21. The second-order valence-corrected chi connectivity index (χ2v) is 4.50. The molecule has 1 heterocycles. The van der Waals surface area contributed by atoms with E-state index in [4.69, 9.17) is 9.47 Å². The highest BCUT2D eigenvalue weighted by Gasteiger charge is 2.06. The third kappa shape index (κ3) is 2.18. The molecule has 0 bridgehead atoms. The van der Waals surface area contributed by atoms with Crippen LogP contribution < -0.4 is 9.47 Å². The molecule has 20 heavy (non-hydrogen) atoms. The number of fused-ring (bicyclic) bond motifs is 1. The molecular formula is C17H15NO2.